The Hall–Kier alpha value is -3.66. The lowest BCUT2D eigenvalue weighted by Gasteiger charge is -2.13. The molecule has 29 heavy (non-hydrogen) atoms. The Morgan fingerprint density at radius 1 is 1.10 bits per heavy atom. The van der Waals surface area contributed by atoms with Crippen LogP contribution in [0.4, 0.5) is 0 Å². The van der Waals surface area contributed by atoms with E-state index in [0.29, 0.717) is 17.9 Å². The largest absolute Gasteiger partial charge is 0.378 e. The van der Waals surface area contributed by atoms with Crippen LogP contribution in [-0.4, -0.2) is 51.2 Å². The second-order valence-corrected chi connectivity index (χ2v) is 6.89. The van der Waals surface area contributed by atoms with E-state index in [0.717, 1.165) is 28.2 Å². The van der Waals surface area contributed by atoms with E-state index in [1.165, 1.54) is 0 Å². The number of hydrogen-bond donors (Lipinski definition) is 0. The van der Waals surface area contributed by atoms with Gasteiger partial charge in [0.05, 0.1) is 42.6 Å². The highest BCUT2D eigenvalue weighted by Crippen LogP contribution is 2.23. The lowest BCUT2D eigenvalue weighted by molar-refractivity contribution is 0.181. The summed E-state index contributed by atoms with van der Waals surface area (Å²) in [5, 5.41) is 12.7. The summed E-state index contributed by atoms with van der Waals surface area (Å²) < 4.78 is 10.8. The number of rotatable bonds is 5. The minimum Gasteiger partial charge on any atom is -0.378 e. The van der Waals surface area contributed by atoms with Gasteiger partial charge in [0.15, 0.2) is 5.65 Å². The summed E-state index contributed by atoms with van der Waals surface area (Å²) in [5.41, 5.74) is 5.66. The monoisotopic (exact) mass is 389 g/mol. The molecule has 10 heteroatoms. The third kappa shape index (κ3) is 2.93. The molecule has 0 bridgehead atoms. The SMILES string of the molecule is COCc1cnc2ccc([C@H](C)n3nnc4ncc(-c5cnn(C)c5)nc43)cn12. The van der Waals surface area contributed by atoms with Crippen molar-refractivity contribution in [1.82, 2.24) is 44.1 Å². The molecule has 0 amide bonds. The fourth-order valence-electron chi connectivity index (χ4n) is 3.37. The summed E-state index contributed by atoms with van der Waals surface area (Å²) in [6.45, 7) is 2.55. The predicted octanol–water partition coefficient (Wildman–Crippen LogP) is 2.03. The van der Waals surface area contributed by atoms with Crippen LogP contribution >= 0.6 is 0 Å². The number of pyridine rings is 1. The van der Waals surface area contributed by atoms with Gasteiger partial charge in [-0.3, -0.25) is 4.68 Å². The standard InChI is InChI=1S/C19H19N9O/c1-12(13-4-5-17-20-7-15(11-29-3)27(17)10-13)28-19-18(24-25-28)21-8-16(23-19)14-6-22-26(2)9-14/h4-10,12H,11H2,1-3H3/t12-/m0/s1. The highest BCUT2D eigenvalue weighted by molar-refractivity contribution is 5.69. The van der Waals surface area contributed by atoms with Crippen LogP contribution in [0, 0.1) is 0 Å². The third-order valence-electron chi connectivity index (χ3n) is 4.94. The van der Waals surface area contributed by atoms with E-state index in [4.69, 9.17) is 9.72 Å². The van der Waals surface area contributed by atoms with E-state index in [1.54, 1.807) is 28.9 Å². The van der Waals surface area contributed by atoms with Gasteiger partial charge in [-0.15, -0.1) is 5.10 Å². The Morgan fingerprint density at radius 2 is 2.00 bits per heavy atom. The molecule has 0 aliphatic heterocycles. The van der Waals surface area contributed by atoms with Gasteiger partial charge in [-0.25, -0.2) is 19.6 Å². The van der Waals surface area contributed by atoms with Crippen molar-refractivity contribution in [2.24, 2.45) is 7.05 Å². The molecule has 0 radical (unpaired) electrons. The summed E-state index contributed by atoms with van der Waals surface area (Å²) in [6, 6.07) is 3.92. The molecule has 1 atom stereocenters. The van der Waals surface area contributed by atoms with Crippen LogP contribution < -0.4 is 0 Å². The minimum absolute atomic E-state index is 0.0966. The van der Waals surface area contributed by atoms with Crippen molar-refractivity contribution in [3.05, 3.63) is 54.4 Å². The van der Waals surface area contributed by atoms with E-state index in [-0.39, 0.29) is 6.04 Å². The highest BCUT2D eigenvalue weighted by atomic mass is 16.5. The van der Waals surface area contributed by atoms with Crippen LogP contribution in [0.3, 0.4) is 0 Å². The number of aryl methyl sites for hydroxylation is 1. The molecule has 0 spiro atoms. The summed E-state index contributed by atoms with van der Waals surface area (Å²) in [7, 11) is 3.54. The molecule has 0 N–H and O–H groups in total. The minimum atomic E-state index is -0.0966. The van der Waals surface area contributed by atoms with Crippen molar-refractivity contribution < 1.29 is 4.74 Å². The first kappa shape index (κ1) is 17.4. The molecule has 5 rings (SSSR count). The first-order valence-corrected chi connectivity index (χ1v) is 9.16. The zero-order chi connectivity index (χ0) is 20.0. The number of imidazole rings is 1. The van der Waals surface area contributed by atoms with E-state index in [9.17, 15) is 0 Å². The van der Waals surface area contributed by atoms with Gasteiger partial charge < -0.3 is 9.14 Å². The van der Waals surface area contributed by atoms with Gasteiger partial charge in [-0.1, -0.05) is 11.3 Å². The molecule has 0 saturated heterocycles. The van der Waals surface area contributed by atoms with Crippen LogP contribution in [0.2, 0.25) is 0 Å². The average molecular weight is 389 g/mol. The van der Waals surface area contributed by atoms with Crippen LogP contribution in [0.1, 0.15) is 24.2 Å². The van der Waals surface area contributed by atoms with Gasteiger partial charge in [0.25, 0.3) is 0 Å². The summed E-state index contributed by atoms with van der Waals surface area (Å²) in [5.74, 6) is 0. The Morgan fingerprint density at radius 3 is 2.79 bits per heavy atom. The Kier molecular flexibility index (Phi) is 4.06. The number of hydrogen-bond acceptors (Lipinski definition) is 7. The van der Waals surface area contributed by atoms with Crippen LogP contribution in [0.25, 0.3) is 28.2 Å². The van der Waals surface area contributed by atoms with Crippen LogP contribution in [-0.2, 0) is 18.4 Å². The molecular weight excluding hydrogens is 370 g/mol. The van der Waals surface area contributed by atoms with E-state index in [2.05, 4.69) is 32.3 Å². The Bertz CT molecular complexity index is 1320. The van der Waals surface area contributed by atoms with Gasteiger partial charge in [0, 0.05) is 32.1 Å². The molecule has 0 fully saturated rings. The van der Waals surface area contributed by atoms with Gasteiger partial charge in [0.1, 0.15) is 5.65 Å². The number of aromatic nitrogens is 9. The fraction of sp³-hybridized carbons (Fsp3) is 0.263. The third-order valence-corrected chi connectivity index (χ3v) is 4.94. The lowest BCUT2D eigenvalue weighted by Crippen LogP contribution is -2.11. The molecular formula is C19H19N9O. The molecule has 0 unspecified atom stereocenters. The van der Waals surface area contributed by atoms with Crippen LogP contribution in [0.5, 0.6) is 0 Å². The molecule has 5 aromatic rings. The number of fused-ring (bicyclic) bond motifs is 2. The highest BCUT2D eigenvalue weighted by Gasteiger charge is 2.18. The van der Waals surface area contributed by atoms with Crippen molar-refractivity contribution in [3.63, 3.8) is 0 Å². The maximum atomic E-state index is 5.27. The van der Waals surface area contributed by atoms with Crippen molar-refractivity contribution in [2.75, 3.05) is 7.11 Å². The number of nitrogens with zero attached hydrogens (tertiary/aromatic N) is 9. The number of ether oxygens (including phenoxy) is 1. The molecule has 146 valence electrons. The van der Waals surface area contributed by atoms with Crippen molar-refractivity contribution in [1.29, 1.82) is 0 Å². The van der Waals surface area contributed by atoms with Gasteiger partial charge >= 0.3 is 0 Å². The molecule has 10 nitrogen and oxygen atoms in total. The van der Waals surface area contributed by atoms with E-state index >= 15 is 0 Å². The summed E-state index contributed by atoms with van der Waals surface area (Å²) in [6.07, 6.45) is 9.23. The Labute approximate surface area is 165 Å². The predicted molar refractivity (Wildman–Crippen MR) is 105 cm³/mol. The van der Waals surface area contributed by atoms with Gasteiger partial charge in [-0.2, -0.15) is 5.10 Å². The summed E-state index contributed by atoms with van der Waals surface area (Å²) >= 11 is 0. The molecule has 0 aliphatic rings. The zero-order valence-electron chi connectivity index (χ0n) is 16.3. The fourth-order valence-corrected chi connectivity index (χ4v) is 3.37. The number of methoxy groups -OCH3 is 1. The maximum absolute atomic E-state index is 5.27. The topological polar surface area (TPSA) is 101 Å². The van der Waals surface area contributed by atoms with Crippen LogP contribution in [0.15, 0.2) is 43.1 Å². The summed E-state index contributed by atoms with van der Waals surface area (Å²) in [4.78, 5) is 13.6. The van der Waals surface area contributed by atoms with Gasteiger partial charge in [0.2, 0.25) is 5.65 Å². The first-order chi connectivity index (χ1) is 14.1. The average Bonchev–Trinajstić information content (AvgIpc) is 3.45. The second-order valence-electron chi connectivity index (χ2n) is 6.89. The van der Waals surface area contributed by atoms with Crippen molar-refractivity contribution in [2.45, 2.75) is 19.6 Å². The molecule has 0 aliphatic carbocycles. The second kappa shape index (κ2) is 6.74. The maximum Gasteiger partial charge on any atom is 0.221 e. The van der Waals surface area contributed by atoms with E-state index < -0.39 is 0 Å². The molecule has 5 aromatic heterocycles. The smallest absolute Gasteiger partial charge is 0.221 e. The van der Waals surface area contributed by atoms with Gasteiger partial charge in [-0.05, 0) is 18.6 Å². The molecule has 5 heterocycles. The zero-order valence-corrected chi connectivity index (χ0v) is 16.3. The Balaban J connectivity index is 1.57. The van der Waals surface area contributed by atoms with Crippen molar-refractivity contribution >= 4 is 16.9 Å². The molecule has 0 aromatic carbocycles. The first-order valence-electron chi connectivity index (χ1n) is 9.16. The lowest BCUT2D eigenvalue weighted by atomic mass is 10.1. The normalized spacial score (nSPS) is 12.8. The van der Waals surface area contributed by atoms with Crippen molar-refractivity contribution in [3.8, 4) is 11.3 Å². The molecule has 0 saturated carbocycles. The van der Waals surface area contributed by atoms with E-state index in [1.807, 2.05) is 42.2 Å². The quantitative estimate of drug-likeness (QED) is 0.453.